The van der Waals surface area contributed by atoms with Crippen molar-refractivity contribution in [3.63, 3.8) is 0 Å². The second-order valence-electron chi connectivity index (χ2n) is 4.58. The number of nitrogens with zero attached hydrogens (tertiary/aromatic N) is 1. The summed E-state index contributed by atoms with van der Waals surface area (Å²) in [5, 5.41) is 3.49. The smallest absolute Gasteiger partial charge is 0.0702 e. The molecule has 0 saturated heterocycles. The SMILES string of the molecule is CC1CNc2ccccc2N1Cc1ccc(Br)s1. The van der Waals surface area contributed by atoms with Crippen molar-refractivity contribution in [2.45, 2.75) is 19.5 Å². The zero-order valence-electron chi connectivity index (χ0n) is 10.2. The summed E-state index contributed by atoms with van der Waals surface area (Å²) < 4.78 is 1.20. The lowest BCUT2D eigenvalue weighted by Crippen LogP contribution is -2.41. The molecule has 1 aromatic heterocycles. The third-order valence-corrected chi connectivity index (χ3v) is 4.90. The van der Waals surface area contributed by atoms with Crippen LogP contribution in [0.2, 0.25) is 0 Å². The molecule has 0 aliphatic carbocycles. The van der Waals surface area contributed by atoms with Gasteiger partial charge in [0, 0.05) is 17.5 Å². The fraction of sp³-hybridized carbons (Fsp3) is 0.286. The van der Waals surface area contributed by atoms with Crippen LogP contribution in [-0.2, 0) is 6.54 Å². The molecule has 0 radical (unpaired) electrons. The Morgan fingerprint density at radius 1 is 1.33 bits per heavy atom. The van der Waals surface area contributed by atoms with Crippen LogP contribution in [-0.4, -0.2) is 12.6 Å². The number of nitrogens with one attached hydrogen (secondary N) is 1. The molecule has 1 N–H and O–H groups in total. The summed E-state index contributed by atoms with van der Waals surface area (Å²) in [6.07, 6.45) is 0. The molecule has 0 fully saturated rings. The largest absolute Gasteiger partial charge is 0.381 e. The number of thiophene rings is 1. The Morgan fingerprint density at radius 2 is 2.17 bits per heavy atom. The number of para-hydroxylation sites is 2. The molecule has 1 unspecified atom stereocenters. The maximum atomic E-state index is 3.53. The van der Waals surface area contributed by atoms with Gasteiger partial charge in [-0.1, -0.05) is 12.1 Å². The van der Waals surface area contributed by atoms with Gasteiger partial charge in [-0.2, -0.15) is 0 Å². The molecule has 1 atom stereocenters. The maximum absolute atomic E-state index is 3.53. The van der Waals surface area contributed by atoms with Crippen molar-refractivity contribution in [1.29, 1.82) is 0 Å². The summed E-state index contributed by atoms with van der Waals surface area (Å²) in [7, 11) is 0. The minimum atomic E-state index is 0.515. The molecule has 2 aromatic rings. The standard InChI is InChI=1S/C14H15BrN2S/c1-10-8-16-12-4-2-3-5-13(12)17(10)9-11-6-7-14(15)18-11/h2-7,10,16H,8-9H2,1H3. The lowest BCUT2D eigenvalue weighted by atomic mass is 10.1. The molecule has 94 valence electrons. The van der Waals surface area contributed by atoms with E-state index in [1.807, 2.05) is 11.3 Å². The summed E-state index contributed by atoms with van der Waals surface area (Å²) >= 11 is 5.34. The average Bonchev–Trinajstić information content (AvgIpc) is 2.79. The van der Waals surface area contributed by atoms with Gasteiger partial charge < -0.3 is 10.2 Å². The van der Waals surface area contributed by atoms with Gasteiger partial charge in [-0.3, -0.25) is 0 Å². The van der Waals surface area contributed by atoms with Gasteiger partial charge in [-0.05, 0) is 47.1 Å². The summed E-state index contributed by atoms with van der Waals surface area (Å²) in [5.74, 6) is 0. The van der Waals surface area contributed by atoms with Crippen LogP contribution < -0.4 is 10.2 Å². The molecule has 0 spiro atoms. The third kappa shape index (κ3) is 2.27. The summed E-state index contributed by atoms with van der Waals surface area (Å²) in [6.45, 7) is 4.26. The predicted molar refractivity (Wildman–Crippen MR) is 82.6 cm³/mol. The van der Waals surface area contributed by atoms with E-state index in [4.69, 9.17) is 0 Å². The molecular formula is C14H15BrN2S. The molecule has 1 aliphatic rings. The van der Waals surface area contributed by atoms with Gasteiger partial charge in [-0.25, -0.2) is 0 Å². The zero-order valence-corrected chi connectivity index (χ0v) is 12.6. The molecule has 0 amide bonds. The van der Waals surface area contributed by atoms with Crippen molar-refractivity contribution < 1.29 is 0 Å². The Labute approximate surface area is 120 Å². The molecule has 18 heavy (non-hydrogen) atoms. The van der Waals surface area contributed by atoms with Crippen molar-refractivity contribution in [3.8, 4) is 0 Å². The molecule has 3 rings (SSSR count). The number of rotatable bonds is 2. The monoisotopic (exact) mass is 322 g/mol. The first-order chi connectivity index (χ1) is 8.74. The molecule has 2 heterocycles. The van der Waals surface area contributed by atoms with Crippen molar-refractivity contribution >= 4 is 38.6 Å². The highest BCUT2D eigenvalue weighted by Crippen LogP contribution is 2.33. The van der Waals surface area contributed by atoms with E-state index in [1.54, 1.807) is 0 Å². The van der Waals surface area contributed by atoms with E-state index in [-0.39, 0.29) is 0 Å². The van der Waals surface area contributed by atoms with Gasteiger partial charge in [-0.15, -0.1) is 11.3 Å². The van der Waals surface area contributed by atoms with E-state index in [0.29, 0.717) is 6.04 Å². The van der Waals surface area contributed by atoms with E-state index >= 15 is 0 Å². The minimum absolute atomic E-state index is 0.515. The van der Waals surface area contributed by atoms with Crippen LogP contribution in [0.4, 0.5) is 11.4 Å². The quantitative estimate of drug-likeness (QED) is 0.885. The van der Waals surface area contributed by atoms with Gasteiger partial charge in [0.1, 0.15) is 0 Å². The minimum Gasteiger partial charge on any atom is -0.381 e. The topological polar surface area (TPSA) is 15.3 Å². The molecule has 4 heteroatoms. The molecule has 1 aromatic carbocycles. The van der Waals surface area contributed by atoms with Crippen molar-refractivity contribution in [2.24, 2.45) is 0 Å². The average molecular weight is 323 g/mol. The summed E-state index contributed by atoms with van der Waals surface area (Å²) in [4.78, 5) is 3.87. The predicted octanol–water partition coefficient (Wildman–Crippen LogP) is 4.33. The van der Waals surface area contributed by atoms with Gasteiger partial charge >= 0.3 is 0 Å². The van der Waals surface area contributed by atoms with Crippen molar-refractivity contribution in [2.75, 3.05) is 16.8 Å². The molecule has 0 saturated carbocycles. The van der Waals surface area contributed by atoms with Crippen LogP contribution in [0, 0.1) is 0 Å². The lowest BCUT2D eigenvalue weighted by molar-refractivity contribution is 0.645. The summed E-state index contributed by atoms with van der Waals surface area (Å²) in [6, 6.07) is 13.4. The Kier molecular flexibility index (Phi) is 3.31. The second kappa shape index (κ2) is 4.94. The fourth-order valence-corrected chi connectivity index (χ4v) is 3.81. The third-order valence-electron chi connectivity index (χ3n) is 3.29. The van der Waals surface area contributed by atoms with E-state index in [2.05, 4.69) is 69.5 Å². The molecular weight excluding hydrogens is 308 g/mol. The van der Waals surface area contributed by atoms with Crippen molar-refractivity contribution in [3.05, 3.63) is 45.1 Å². The Balaban J connectivity index is 1.91. The Bertz CT molecular complexity index is 552. The lowest BCUT2D eigenvalue weighted by Gasteiger charge is -2.37. The van der Waals surface area contributed by atoms with Gasteiger partial charge in [0.2, 0.25) is 0 Å². The van der Waals surface area contributed by atoms with E-state index in [0.717, 1.165) is 13.1 Å². The fourth-order valence-electron chi connectivity index (χ4n) is 2.32. The zero-order chi connectivity index (χ0) is 12.5. The first kappa shape index (κ1) is 12.1. The maximum Gasteiger partial charge on any atom is 0.0702 e. The van der Waals surface area contributed by atoms with Crippen LogP contribution in [0.25, 0.3) is 0 Å². The number of fused-ring (bicyclic) bond motifs is 1. The highest BCUT2D eigenvalue weighted by molar-refractivity contribution is 9.11. The Hall–Kier alpha value is -1.000. The molecule has 0 bridgehead atoms. The normalized spacial score (nSPS) is 18.3. The molecule has 2 nitrogen and oxygen atoms in total. The summed E-state index contributed by atoms with van der Waals surface area (Å²) in [5.41, 5.74) is 2.55. The number of benzene rings is 1. The number of hydrogen-bond acceptors (Lipinski definition) is 3. The number of halogens is 1. The van der Waals surface area contributed by atoms with Crippen LogP contribution in [0.15, 0.2) is 40.2 Å². The van der Waals surface area contributed by atoms with E-state index < -0.39 is 0 Å². The van der Waals surface area contributed by atoms with Crippen LogP contribution in [0.3, 0.4) is 0 Å². The Morgan fingerprint density at radius 3 is 2.94 bits per heavy atom. The number of hydrogen-bond donors (Lipinski definition) is 1. The van der Waals surface area contributed by atoms with Crippen molar-refractivity contribution in [1.82, 2.24) is 0 Å². The van der Waals surface area contributed by atoms with Gasteiger partial charge in [0.15, 0.2) is 0 Å². The van der Waals surface area contributed by atoms with Crippen LogP contribution in [0.5, 0.6) is 0 Å². The van der Waals surface area contributed by atoms with Crippen LogP contribution in [0.1, 0.15) is 11.8 Å². The second-order valence-corrected chi connectivity index (χ2v) is 7.13. The highest BCUT2D eigenvalue weighted by Gasteiger charge is 2.22. The van der Waals surface area contributed by atoms with Gasteiger partial charge in [0.25, 0.3) is 0 Å². The van der Waals surface area contributed by atoms with E-state index in [9.17, 15) is 0 Å². The first-order valence-electron chi connectivity index (χ1n) is 6.08. The first-order valence-corrected chi connectivity index (χ1v) is 7.69. The number of anilines is 2. The van der Waals surface area contributed by atoms with Crippen LogP contribution >= 0.6 is 27.3 Å². The van der Waals surface area contributed by atoms with Gasteiger partial charge in [0.05, 0.1) is 21.7 Å². The van der Waals surface area contributed by atoms with E-state index in [1.165, 1.54) is 20.0 Å². The highest BCUT2D eigenvalue weighted by atomic mass is 79.9. The molecule has 1 aliphatic heterocycles.